The van der Waals surface area contributed by atoms with Gasteiger partial charge in [0.15, 0.2) is 5.96 Å². The fourth-order valence-corrected chi connectivity index (χ4v) is 3.28. The van der Waals surface area contributed by atoms with Gasteiger partial charge in [0.25, 0.3) is 0 Å². The Morgan fingerprint density at radius 2 is 1.85 bits per heavy atom. The Bertz CT molecular complexity index is 308. The molecule has 0 spiro atoms. The molecule has 0 aliphatic heterocycles. The molecule has 0 amide bonds. The number of guanidine groups is 1. The van der Waals surface area contributed by atoms with Crippen molar-refractivity contribution >= 4 is 29.9 Å². The van der Waals surface area contributed by atoms with Crippen LogP contribution in [0, 0.1) is 5.41 Å². The normalized spacial score (nSPS) is 31.9. The van der Waals surface area contributed by atoms with Gasteiger partial charge in [0.05, 0.1) is 6.10 Å². The molecule has 0 aromatic rings. The summed E-state index contributed by atoms with van der Waals surface area (Å²) in [6.45, 7) is 3.17. The maximum atomic E-state index is 6.00. The molecule has 0 radical (unpaired) electrons. The fraction of sp³-hybridized carbons (Fsp3) is 0.933. The van der Waals surface area contributed by atoms with Crippen LogP contribution in [-0.4, -0.2) is 31.8 Å². The van der Waals surface area contributed by atoms with Crippen LogP contribution in [0.25, 0.3) is 0 Å². The molecule has 2 aliphatic carbocycles. The molecule has 2 fully saturated rings. The minimum atomic E-state index is 0. The van der Waals surface area contributed by atoms with Gasteiger partial charge in [-0.3, -0.25) is 4.99 Å². The van der Waals surface area contributed by atoms with Crippen LogP contribution in [0.5, 0.6) is 0 Å². The van der Waals surface area contributed by atoms with Crippen molar-refractivity contribution < 1.29 is 4.74 Å². The van der Waals surface area contributed by atoms with Crippen LogP contribution in [0.3, 0.4) is 0 Å². The fourth-order valence-electron chi connectivity index (χ4n) is 3.28. The molecular formula is C15H30IN3O. The molecule has 4 nitrogen and oxygen atoms in total. The highest BCUT2D eigenvalue weighted by Crippen LogP contribution is 2.37. The standard InChI is InChI=1S/C15H29N3O.HI/c1-15(9-7-13(19-2)8-10-15)11-17-14(16)18-12-5-3-4-6-12;/h12-13H,3-11H2,1-2H3,(H3,16,17,18);1H. The molecule has 2 aliphatic rings. The predicted octanol–water partition coefficient (Wildman–Crippen LogP) is 3.05. The molecule has 2 saturated carbocycles. The summed E-state index contributed by atoms with van der Waals surface area (Å²) >= 11 is 0. The molecular weight excluding hydrogens is 365 g/mol. The molecule has 0 bridgehead atoms. The van der Waals surface area contributed by atoms with Crippen LogP contribution in [-0.2, 0) is 4.74 Å². The van der Waals surface area contributed by atoms with E-state index in [2.05, 4.69) is 17.2 Å². The van der Waals surface area contributed by atoms with E-state index in [1.54, 1.807) is 0 Å². The molecule has 0 heterocycles. The lowest BCUT2D eigenvalue weighted by molar-refractivity contribution is 0.0352. The molecule has 0 unspecified atom stereocenters. The number of nitrogens with two attached hydrogens (primary N) is 1. The van der Waals surface area contributed by atoms with Crippen molar-refractivity contribution in [3.8, 4) is 0 Å². The first-order valence-electron chi connectivity index (χ1n) is 7.70. The van der Waals surface area contributed by atoms with Crippen molar-refractivity contribution in [3.63, 3.8) is 0 Å². The highest BCUT2D eigenvalue weighted by Gasteiger charge is 2.31. The maximum Gasteiger partial charge on any atom is 0.188 e. The van der Waals surface area contributed by atoms with E-state index in [0.29, 0.717) is 23.5 Å². The second-order valence-electron chi connectivity index (χ2n) is 6.57. The zero-order valence-electron chi connectivity index (χ0n) is 12.9. The average Bonchev–Trinajstić information content (AvgIpc) is 2.90. The van der Waals surface area contributed by atoms with Gasteiger partial charge in [-0.25, -0.2) is 0 Å². The minimum absolute atomic E-state index is 0. The number of ether oxygens (including phenoxy) is 1. The van der Waals surface area contributed by atoms with Gasteiger partial charge in [-0.2, -0.15) is 0 Å². The topological polar surface area (TPSA) is 59.6 Å². The molecule has 3 N–H and O–H groups in total. The largest absolute Gasteiger partial charge is 0.381 e. The Morgan fingerprint density at radius 3 is 2.40 bits per heavy atom. The Kier molecular flexibility index (Phi) is 7.58. The molecule has 0 aromatic heterocycles. The third-order valence-corrected chi connectivity index (χ3v) is 4.81. The zero-order valence-corrected chi connectivity index (χ0v) is 15.2. The van der Waals surface area contributed by atoms with Crippen molar-refractivity contribution in [2.75, 3.05) is 13.7 Å². The number of hydrogen-bond acceptors (Lipinski definition) is 2. The summed E-state index contributed by atoms with van der Waals surface area (Å²) in [5.41, 5.74) is 6.30. The molecule has 0 saturated heterocycles. The van der Waals surface area contributed by atoms with E-state index >= 15 is 0 Å². The molecule has 20 heavy (non-hydrogen) atoms. The van der Waals surface area contributed by atoms with Crippen LogP contribution in [0.15, 0.2) is 4.99 Å². The second kappa shape index (κ2) is 8.41. The van der Waals surface area contributed by atoms with E-state index in [4.69, 9.17) is 10.5 Å². The van der Waals surface area contributed by atoms with E-state index < -0.39 is 0 Å². The van der Waals surface area contributed by atoms with Gasteiger partial charge in [0.1, 0.15) is 0 Å². The Morgan fingerprint density at radius 1 is 1.25 bits per heavy atom. The summed E-state index contributed by atoms with van der Waals surface area (Å²) in [5, 5.41) is 3.36. The number of halogens is 1. The minimum Gasteiger partial charge on any atom is -0.381 e. The smallest absolute Gasteiger partial charge is 0.188 e. The predicted molar refractivity (Wildman–Crippen MR) is 94.7 cm³/mol. The number of rotatable bonds is 4. The molecule has 0 atom stereocenters. The number of nitrogens with zero attached hydrogens (tertiary/aromatic N) is 1. The van der Waals surface area contributed by atoms with Gasteiger partial charge >= 0.3 is 0 Å². The van der Waals surface area contributed by atoms with Gasteiger partial charge in [-0.15, -0.1) is 24.0 Å². The highest BCUT2D eigenvalue weighted by atomic mass is 127. The van der Waals surface area contributed by atoms with E-state index in [9.17, 15) is 0 Å². The van der Waals surface area contributed by atoms with E-state index in [1.165, 1.54) is 38.5 Å². The Hall–Kier alpha value is -0.0400. The number of nitrogens with one attached hydrogen (secondary N) is 1. The molecule has 5 heteroatoms. The maximum absolute atomic E-state index is 6.00. The van der Waals surface area contributed by atoms with E-state index in [-0.39, 0.29) is 24.0 Å². The lowest BCUT2D eigenvalue weighted by Gasteiger charge is -2.35. The monoisotopic (exact) mass is 395 g/mol. The van der Waals surface area contributed by atoms with Crippen molar-refractivity contribution in [1.82, 2.24) is 5.32 Å². The second-order valence-corrected chi connectivity index (χ2v) is 6.57. The first-order valence-corrected chi connectivity index (χ1v) is 7.70. The summed E-state index contributed by atoms with van der Waals surface area (Å²) < 4.78 is 5.43. The van der Waals surface area contributed by atoms with Crippen LogP contribution >= 0.6 is 24.0 Å². The summed E-state index contributed by atoms with van der Waals surface area (Å²) in [5.74, 6) is 0.641. The number of aliphatic imine (C=N–C) groups is 1. The lowest BCUT2D eigenvalue weighted by Crippen LogP contribution is -2.39. The highest BCUT2D eigenvalue weighted by molar-refractivity contribution is 14.0. The third-order valence-electron chi connectivity index (χ3n) is 4.81. The van der Waals surface area contributed by atoms with Crippen molar-refractivity contribution in [1.29, 1.82) is 0 Å². The summed E-state index contributed by atoms with van der Waals surface area (Å²) in [6.07, 6.45) is 10.2. The van der Waals surface area contributed by atoms with Crippen molar-refractivity contribution in [2.45, 2.75) is 70.4 Å². The first-order chi connectivity index (χ1) is 9.11. The molecule has 118 valence electrons. The summed E-state index contributed by atoms with van der Waals surface area (Å²) in [6, 6.07) is 0.556. The van der Waals surface area contributed by atoms with Crippen LogP contribution in [0.4, 0.5) is 0 Å². The van der Waals surface area contributed by atoms with Gasteiger partial charge in [0.2, 0.25) is 0 Å². The van der Waals surface area contributed by atoms with E-state index in [0.717, 1.165) is 19.4 Å². The number of hydrogen-bond donors (Lipinski definition) is 2. The van der Waals surface area contributed by atoms with Crippen molar-refractivity contribution in [3.05, 3.63) is 0 Å². The SMILES string of the molecule is COC1CCC(C)(CN=C(N)NC2CCCC2)CC1.I. The first kappa shape index (κ1) is 18.0. The third kappa shape index (κ3) is 5.39. The van der Waals surface area contributed by atoms with Crippen LogP contribution in [0.2, 0.25) is 0 Å². The molecule has 0 aromatic carbocycles. The van der Waals surface area contributed by atoms with Crippen LogP contribution < -0.4 is 11.1 Å². The molecule has 2 rings (SSSR count). The Labute approximate surface area is 140 Å². The van der Waals surface area contributed by atoms with Gasteiger partial charge in [-0.1, -0.05) is 19.8 Å². The van der Waals surface area contributed by atoms with Gasteiger partial charge in [0, 0.05) is 19.7 Å². The van der Waals surface area contributed by atoms with Crippen LogP contribution in [0.1, 0.15) is 58.3 Å². The van der Waals surface area contributed by atoms with E-state index in [1.807, 2.05) is 7.11 Å². The summed E-state index contributed by atoms with van der Waals surface area (Å²) in [7, 11) is 1.81. The van der Waals surface area contributed by atoms with Gasteiger partial charge < -0.3 is 15.8 Å². The Balaban J connectivity index is 0.00000200. The summed E-state index contributed by atoms with van der Waals surface area (Å²) in [4.78, 5) is 4.58. The van der Waals surface area contributed by atoms with Gasteiger partial charge in [-0.05, 0) is 43.9 Å². The average molecular weight is 395 g/mol. The van der Waals surface area contributed by atoms with Crippen molar-refractivity contribution in [2.24, 2.45) is 16.1 Å². The number of methoxy groups -OCH3 is 1. The zero-order chi connectivity index (χ0) is 13.7. The quantitative estimate of drug-likeness (QED) is 0.437. The lowest BCUT2D eigenvalue weighted by atomic mass is 9.75.